The van der Waals surface area contributed by atoms with E-state index in [9.17, 15) is 17.7 Å². The van der Waals surface area contributed by atoms with Crippen molar-refractivity contribution in [2.75, 3.05) is 0 Å². The number of pyridine rings is 1. The zero-order chi connectivity index (χ0) is 17.4. The predicted octanol–water partition coefficient (Wildman–Crippen LogP) is 3.28. The van der Waals surface area contributed by atoms with Crippen LogP contribution in [0.3, 0.4) is 0 Å². The van der Waals surface area contributed by atoms with Crippen LogP contribution >= 0.6 is 0 Å². The molecule has 0 amide bonds. The molecule has 5 nitrogen and oxygen atoms in total. The highest BCUT2D eigenvalue weighted by Crippen LogP contribution is 2.25. The Kier molecular flexibility index (Phi) is 5.22. The van der Waals surface area contributed by atoms with Crippen LogP contribution in [0.1, 0.15) is 45.7 Å². The number of alkyl halides is 3. The van der Waals surface area contributed by atoms with Crippen molar-refractivity contribution >= 4 is 22.3 Å². The molecular formula is C14H19F3N4OS. The highest BCUT2D eigenvalue weighted by molar-refractivity contribution is 7.90. The highest BCUT2D eigenvalue weighted by atomic mass is 32.2. The number of aromatic nitrogens is 3. The van der Waals surface area contributed by atoms with E-state index in [1.54, 1.807) is 13.0 Å². The van der Waals surface area contributed by atoms with E-state index in [0.29, 0.717) is 15.8 Å². The molecule has 0 saturated heterocycles. The molecule has 2 rings (SSSR count). The van der Waals surface area contributed by atoms with Crippen LogP contribution in [-0.2, 0) is 11.4 Å². The van der Waals surface area contributed by atoms with Crippen molar-refractivity contribution in [3.8, 4) is 0 Å². The van der Waals surface area contributed by atoms with E-state index in [0.717, 1.165) is 0 Å². The number of fused-ring (bicyclic) bond motifs is 1. The first-order valence-corrected chi connectivity index (χ1v) is 8.19. The quantitative estimate of drug-likeness (QED) is 0.842. The Morgan fingerprint density at radius 3 is 2.48 bits per heavy atom. The SMILES string of the molecule is C[C@@H](N[S+]([O-])C(C)(C)C)c1cc2cnn(C(F)C(F)F)c2cn1. The molecule has 0 aliphatic rings. The zero-order valence-electron chi connectivity index (χ0n) is 13.3. The number of nitrogens with one attached hydrogen (secondary N) is 1. The lowest BCUT2D eigenvalue weighted by Gasteiger charge is -2.26. The smallest absolute Gasteiger partial charge is 0.289 e. The summed E-state index contributed by atoms with van der Waals surface area (Å²) in [6.45, 7) is 7.32. The minimum absolute atomic E-state index is 0.186. The van der Waals surface area contributed by atoms with E-state index >= 15 is 0 Å². The minimum Gasteiger partial charge on any atom is -0.598 e. The van der Waals surface area contributed by atoms with Crippen molar-refractivity contribution in [2.45, 2.75) is 51.2 Å². The van der Waals surface area contributed by atoms with Crippen molar-refractivity contribution in [3.05, 3.63) is 24.2 Å². The molecule has 0 radical (unpaired) electrons. The standard InChI is InChI=1S/C14H19F3N4OS/c1-8(20-23(22)14(2,3)4)10-5-9-6-19-21(11(9)7-18-10)13(17)12(15)16/h5-8,12-13,20H,1-4H3/t8-,13?,23?/m1/s1. The summed E-state index contributed by atoms with van der Waals surface area (Å²) < 4.78 is 53.6. The van der Waals surface area contributed by atoms with E-state index in [2.05, 4.69) is 14.8 Å². The average Bonchev–Trinajstić information content (AvgIpc) is 2.87. The van der Waals surface area contributed by atoms with Crippen LogP contribution in [0.2, 0.25) is 0 Å². The molecule has 2 aromatic rings. The fourth-order valence-electron chi connectivity index (χ4n) is 1.90. The Bertz CT molecular complexity index is 674. The van der Waals surface area contributed by atoms with Gasteiger partial charge < -0.3 is 4.55 Å². The average molecular weight is 348 g/mol. The monoisotopic (exact) mass is 348 g/mol. The topological polar surface area (TPSA) is 65.8 Å². The minimum atomic E-state index is -3.16. The molecule has 0 fully saturated rings. The molecule has 3 atom stereocenters. The Balaban J connectivity index is 2.24. The van der Waals surface area contributed by atoms with Crippen molar-refractivity contribution in [2.24, 2.45) is 0 Å². The van der Waals surface area contributed by atoms with Gasteiger partial charge in [-0.15, -0.1) is 4.72 Å². The van der Waals surface area contributed by atoms with Gasteiger partial charge in [0.2, 0.25) is 0 Å². The molecule has 9 heteroatoms. The van der Waals surface area contributed by atoms with Gasteiger partial charge in [-0.1, -0.05) is 0 Å². The van der Waals surface area contributed by atoms with Crippen LogP contribution < -0.4 is 4.72 Å². The summed E-state index contributed by atoms with van der Waals surface area (Å²) in [5, 5.41) is 4.15. The molecule has 2 heterocycles. The van der Waals surface area contributed by atoms with Gasteiger partial charge in [0.15, 0.2) is 0 Å². The summed E-state index contributed by atoms with van der Waals surface area (Å²) >= 11 is -1.28. The van der Waals surface area contributed by atoms with E-state index < -0.39 is 28.8 Å². The molecular weight excluding hydrogens is 329 g/mol. The summed E-state index contributed by atoms with van der Waals surface area (Å²) in [6.07, 6.45) is -3.06. The molecule has 0 aliphatic carbocycles. The van der Waals surface area contributed by atoms with Crippen LogP contribution in [-0.4, -0.2) is 30.5 Å². The van der Waals surface area contributed by atoms with Gasteiger partial charge in [-0.05, 0) is 33.8 Å². The molecule has 2 unspecified atom stereocenters. The third kappa shape index (κ3) is 3.96. The molecule has 0 saturated carbocycles. The van der Waals surface area contributed by atoms with Gasteiger partial charge in [-0.25, -0.2) is 17.9 Å². The molecule has 0 spiro atoms. The number of hydrogen-bond acceptors (Lipinski definition) is 4. The van der Waals surface area contributed by atoms with Crippen LogP contribution in [0.25, 0.3) is 10.9 Å². The van der Waals surface area contributed by atoms with Crippen LogP contribution in [0.5, 0.6) is 0 Å². The van der Waals surface area contributed by atoms with Crippen LogP contribution in [0, 0.1) is 0 Å². The van der Waals surface area contributed by atoms with Crippen molar-refractivity contribution in [3.63, 3.8) is 0 Å². The van der Waals surface area contributed by atoms with Gasteiger partial charge >= 0.3 is 0 Å². The Morgan fingerprint density at radius 1 is 1.26 bits per heavy atom. The second kappa shape index (κ2) is 6.66. The van der Waals surface area contributed by atoms with Gasteiger partial charge in [0, 0.05) is 16.7 Å². The molecule has 0 aliphatic heterocycles. The zero-order valence-corrected chi connectivity index (χ0v) is 14.1. The van der Waals surface area contributed by atoms with Gasteiger partial charge in [-0.3, -0.25) is 4.98 Å². The van der Waals surface area contributed by atoms with Gasteiger partial charge in [0.05, 0.1) is 29.6 Å². The first-order chi connectivity index (χ1) is 10.6. The summed E-state index contributed by atoms with van der Waals surface area (Å²) in [5.41, 5.74) is 0.757. The molecule has 23 heavy (non-hydrogen) atoms. The largest absolute Gasteiger partial charge is 0.598 e. The number of hydrogen-bond donors (Lipinski definition) is 1. The Hall–Kier alpha value is -1.32. The Morgan fingerprint density at radius 2 is 1.91 bits per heavy atom. The van der Waals surface area contributed by atoms with Crippen LogP contribution in [0.4, 0.5) is 13.2 Å². The van der Waals surface area contributed by atoms with E-state index in [1.165, 1.54) is 12.4 Å². The normalized spacial score (nSPS) is 16.7. The van der Waals surface area contributed by atoms with Crippen molar-refractivity contribution in [1.29, 1.82) is 0 Å². The van der Waals surface area contributed by atoms with Gasteiger partial charge in [-0.2, -0.15) is 5.10 Å². The van der Waals surface area contributed by atoms with Crippen molar-refractivity contribution in [1.82, 2.24) is 19.5 Å². The molecule has 128 valence electrons. The van der Waals surface area contributed by atoms with E-state index in [4.69, 9.17) is 0 Å². The predicted molar refractivity (Wildman–Crippen MR) is 83.1 cm³/mol. The molecule has 0 bridgehead atoms. The second-order valence-corrected chi connectivity index (χ2v) is 8.18. The lowest BCUT2D eigenvalue weighted by atomic mass is 10.2. The highest BCUT2D eigenvalue weighted by Gasteiger charge is 2.29. The second-order valence-electron chi connectivity index (χ2n) is 6.18. The third-order valence-corrected chi connectivity index (χ3v) is 4.91. The summed E-state index contributed by atoms with van der Waals surface area (Å²) in [7, 11) is 0. The maximum atomic E-state index is 13.5. The van der Waals surface area contributed by atoms with Crippen molar-refractivity contribution < 1.29 is 17.7 Å². The van der Waals surface area contributed by atoms with E-state index in [-0.39, 0.29) is 11.6 Å². The maximum Gasteiger partial charge on any atom is 0.289 e. The van der Waals surface area contributed by atoms with Gasteiger partial charge in [0.1, 0.15) is 4.75 Å². The fourth-order valence-corrected chi connectivity index (χ4v) is 2.70. The third-order valence-electron chi connectivity index (χ3n) is 3.23. The summed E-state index contributed by atoms with van der Waals surface area (Å²) in [6, 6.07) is 1.30. The van der Waals surface area contributed by atoms with E-state index in [1.807, 2.05) is 20.8 Å². The summed E-state index contributed by atoms with van der Waals surface area (Å²) in [4.78, 5) is 4.15. The maximum absolute atomic E-state index is 13.5. The number of rotatable bonds is 5. The van der Waals surface area contributed by atoms with Gasteiger partial charge in [0.25, 0.3) is 12.7 Å². The number of halogens is 3. The van der Waals surface area contributed by atoms with Crippen LogP contribution in [0.15, 0.2) is 18.5 Å². The Labute approximate surface area is 135 Å². The summed E-state index contributed by atoms with van der Waals surface area (Å²) in [5.74, 6) is 0. The molecule has 1 N–H and O–H groups in total. The lowest BCUT2D eigenvalue weighted by molar-refractivity contribution is 0.00341. The lowest BCUT2D eigenvalue weighted by Crippen LogP contribution is -2.40. The molecule has 0 aromatic carbocycles. The number of nitrogens with zero attached hydrogens (tertiary/aromatic N) is 3. The first-order valence-electron chi connectivity index (χ1n) is 7.04. The first kappa shape index (κ1) is 18.0. The fraction of sp³-hybridized carbons (Fsp3) is 0.571. The molecule has 2 aromatic heterocycles.